The van der Waals surface area contributed by atoms with Crippen LogP contribution in [0.5, 0.6) is 11.5 Å². The van der Waals surface area contributed by atoms with E-state index in [1.807, 2.05) is 18.2 Å². The first-order valence-electron chi connectivity index (χ1n) is 8.28. The fourth-order valence-corrected chi connectivity index (χ4v) is 4.19. The fraction of sp³-hybridized carbons (Fsp3) is 0.350. The smallest absolute Gasteiger partial charge is 0.251 e. The van der Waals surface area contributed by atoms with Gasteiger partial charge in [0.25, 0.3) is 5.91 Å². The molecule has 2 aromatic carbocycles. The summed E-state index contributed by atoms with van der Waals surface area (Å²) in [7, 11) is 3.32. The van der Waals surface area contributed by atoms with E-state index in [0.717, 1.165) is 29.0 Å². The Hall–Kier alpha value is -2.49. The number of hydrogen-bond donors (Lipinski definition) is 1. The second kappa shape index (κ2) is 5.55. The van der Waals surface area contributed by atoms with Crippen molar-refractivity contribution in [1.82, 2.24) is 5.32 Å². The number of carbonyl (C=O) groups is 1. The summed E-state index contributed by atoms with van der Waals surface area (Å²) in [5.41, 5.74) is 4.37. The van der Waals surface area contributed by atoms with Gasteiger partial charge in [0.1, 0.15) is 0 Å². The number of nitrogens with one attached hydrogen (secondary N) is 1. The fourth-order valence-electron chi connectivity index (χ4n) is 4.19. The molecule has 1 N–H and O–H groups in total. The lowest BCUT2D eigenvalue weighted by atomic mass is 9.68. The van der Waals surface area contributed by atoms with Crippen LogP contribution in [0.25, 0.3) is 0 Å². The van der Waals surface area contributed by atoms with Crippen LogP contribution in [0.15, 0.2) is 36.4 Å². The predicted octanol–water partition coefficient (Wildman–Crippen LogP) is 3.14. The number of amides is 1. The number of fused-ring (bicyclic) bond motifs is 5. The quantitative estimate of drug-likeness (QED) is 0.923. The largest absolute Gasteiger partial charge is 0.493 e. The molecule has 0 aromatic heterocycles. The zero-order valence-corrected chi connectivity index (χ0v) is 14.1. The van der Waals surface area contributed by atoms with Crippen LogP contribution in [-0.4, -0.2) is 26.2 Å². The molecule has 1 aliphatic heterocycles. The summed E-state index contributed by atoms with van der Waals surface area (Å²) in [6.07, 6.45) is 0.916. The zero-order chi connectivity index (χ0) is 16.8. The molecule has 0 radical (unpaired) electrons. The molecule has 2 aliphatic rings. The second-order valence-electron chi connectivity index (χ2n) is 6.65. The molecular weight excluding hydrogens is 302 g/mol. The van der Waals surface area contributed by atoms with Crippen molar-refractivity contribution in [2.24, 2.45) is 5.92 Å². The minimum absolute atomic E-state index is 0.0302. The summed E-state index contributed by atoms with van der Waals surface area (Å²) in [5, 5.41) is 3.22. The number of methoxy groups -OCH3 is 2. The molecule has 0 spiro atoms. The zero-order valence-electron chi connectivity index (χ0n) is 14.1. The molecular formula is C20H21NO3. The van der Waals surface area contributed by atoms with Gasteiger partial charge in [0.05, 0.1) is 14.2 Å². The number of carbonyl (C=O) groups excluding carboxylic acids is 1. The summed E-state index contributed by atoms with van der Waals surface area (Å²) in [4.78, 5) is 12.5. The normalized spacial score (nSPS) is 24.3. The van der Waals surface area contributed by atoms with Gasteiger partial charge in [0.2, 0.25) is 0 Å². The highest BCUT2D eigenvalue weighted by Crippen LogP contribution is 2.46. The predicted molar refractivity (Wildman–Crippen MR) is 92.0 cm³/mol. The maximum Gasteiger partial charge on any atom is 0.251 e. The van der Waals surface area contributed by atoms with Crippen LogP contribution in [-0.2, 0) is 6.42 Å². The molecule has 4 rings (SSSR count). The van der Waals surface area contributed by atoms with Gasteiger partial charge in [-0.2, -0.15) is 0 Å². The highest BCUT2D eigenvalue weighted by Gasteiger charge is 2.41. The van der Waals surface area contributed by atoms with Crippen molar-refractivity contribution in [1.29, 1.82) is 0 Å². The van der Waals surface area contributed by atoms with Gasteiger partial charge in [-0.05, 0) is 47.2 Å². The molecule has 1 amide bonds. The van der Waals surface area contributed by atoms with Gasteiger partial charge in [-0.25, -0.2) is 0 Å². The third-order valence-corrected chi connectivity index (χ3v) is 5.33. The molecule has 1 heterocycles. The monoisotopic (exact) mass is 323 g/mol. The van der Waals surface area contributed by atoms with E-state index in [4.69, 9.17) is 9.47 Å². The summed E-state index contributed by atoms with van der Waals surface area (Å²) >= 11 is 0. The summed E-state index contributed by atoms with van der Waals surface area (Å²) in [5.74, 6) is 2.03. The van der Waals surface area contributed by atoms with E-state index in [0.29, 0.717) is 5.92 Å². The van der Waals surface area contributed by atoms with Gasteiger partial charge in [-0.3, -0.25) is 4.79 Å². The number of ether oxygens (including phenoxy) is 2. The van der Waals surface area contributed by atoms with Crippen LogP contribution in [0.2, 0.25) is 0 Å². The first-order valence-corrected chi connectivity index (χ1v) is 8.28. The lowest BCUT2D eigenvalue weighted by Crippen LogP contribution is -2.50. The van der Waals surface area contributed by atoms with Crippen molar-refractivity contribution in [2.75, 3.05) is 14.2 Å². The lowest BCUT2D eigenvalue weighted by Gasteiger charge is -2.42. The SMILES string of the molecule is COc1cc2c(cc1OC)[C@H]1c3ccccc3C(=O)N[C@@H]1[C@@H](C)C2. The molecule has 4 heteroatoms. The number of rotatable bonds is 2. The Balaban J connectivity index is 1.94. The van der Waals surface area contributed by atoms with Crippen molar-refractivity contribution in [3.63, 3.8) is 0 Å². The van der Waals surface area contributed by atoms with Crippen molar-refractivity contribution < 1.29 is 14.3 Å². The minimum atomic E-state index is 0.0302. The van der Waals surface area contributed by atoms with Crippen LogP contribution < -0.4 is 14.8 Å². The lowest BCUT2D eigenvalue weighted by molar-refractivity contribution is 0.0897. The number of hydrogen-bond acceptors (Lipinski definition) is 3. The maximum atomic E-state index is 12.5. The Kier molecular flexibility index (Phi) is 3.48. The Morgan fingerprint density at radius 2 is 1.75 bits per heavy atom. The molecule has 0 bridgehead atoms. The van der Waals surface area contributed by atoms with Crippen molar-refractivity contribution >= 4 is 5.91 Å². The van der Waals surface area contributed by atoms with Crippen LogP contribution >= 0.6 is 0 Å². The van der Waals surface area contributed by atoms with Gasteiger partial charge < -0.3 is 14.8 Å². The van der Waals surface area contributed by atoms with Crippen LogP contribution in [0, 0.1) is 5.92 Å². The standard InChI is InChI=1S/C20H21NO3/c1-11-8-12-9-16(23-2)17(24-3)10-15(12)18-13-6-4-5-7-14(13)20(22)21-19(11)18/h4-7,9-11,18-19H,8H2,1-3H3,(H,21,22)/t11-,18+,19+/m0/s1. The minimum Gasteiger partial charge on any atom is -0.493 e. The van der Waals surface area contributed by atoms with E-state index in [1.54, 1.807) is 14.2 Å². The molecule has 3 atom stereocenters. The maximum absolute atomic E-state index is 12.5. The summed E-state index contributed by atoms with van der Waals surface area (Å²) in [6.45, 7) is 2.20. The third kappa shape index (κ3) is 2.09. The molecule has 0 unspecified atom stereocenters. The van der Waals surface area contributed by atoms with Crippen LogP contribution in [0.3, 0.4) is 0 Å². The van der Waals surface area contributed by atoms with Gasteiger partial charge in [-0.15, -0.1) is 0 Å². The Labute approximate surface area is 141 Å². The average molecular weight is 323 g/mol. The first-order chi connectivity index (χ1) is 11.6. The van der Waals surface area contributed by atoms with E-state index < -0.39 is 0 Å². The van der Waals surface area contributed by atoms with Gasteiger partial charge in [0, 0.05) is 17.5 Å². The molecule has 24 heavy (non-hydrogen) atoms. The molecule has 1 aliphatic carbocycles. The van der Waals surface area contributed by atoms with Gasteiger partial charge in [0.15, 0.2) is 11.5 Å². The van der Waals surface area contributed by atoms with Gasteiger partial charge >= 0.3 is 0 Å². The molecule has 0 saturated carbocycles. The Bertz CT molecular complexity index is 815. The molecule has 124 valence electrons. The average Bonchev–Trinajstić information content (AvgIpc) is 2.61. The Morgan fingerprint density at radius 1 is 1.04 bits per heavy atom. The molecule has 0 saturated heterocycles. The van der Waals surface area contributed by atoms with Crippen molar-refractivity contribution in [3.8, 4) is 11.5 Å². The van der Waals surface area contributed by atoms with Gasteiger partial charge in [-0.1, -0.05) is 25.1 Å². The highest BCUT2D eigenvalue weighted by atomic mass is 16.5. The Morgan fingerprint density at radius 3 is 2.50 bits per heavy atom. The number of benzene rings is 2. The van der Waals surface area contributed by atoms with Crippen molar-refractivity contribution in [3.05, 3.63) is 58.7 Å². The van der Waals surface area contributed by atoms with Crippen molar-refractivity contribution in [2.45, 2.75) is 25.3 Å². The molecule has 2 aromatic rings. The summed E-state index contributed by atoms with van der Waals surface area (Å²) < 4.78 is 11.0. The molecule has 0 fully saturated rings. The topological polar surface area (TPSA) is 47.6 Å². The molecule has 4 nitrogen and oxygen atoms in total. The van der Waals surface area contributed by atoms with E-state index in [2.05, 4.69) is 30.4 Å². The van der Waals surface area contributed by atoms with E-state index in [9.17, 15) is 4.79 Å². The summed E-state index contributed by atoms with van der Waals surface area (Å²) in [6, 6.07) is 12.2. The first kappa shape index (κ1) is 15.1. The van der Waals surface area contributed by atoms with E-state index >= 15 is 0 Å². The second-order valence-corrected chi connectivity index (χ2v) is 6.65. The van der Waals surface area contributed by atoms with Crippen LogP contribution in [0.4, 0.5) is 0 Å². The van der Waals surface area contributed by atoms with Crippen LogP contribution in [0.1, 0.15) is 39.9 Å². The van der Waals surface area contributed by atoms with E-state index in [1.165, 1.54) is 11.1 Å². The third-order valence-electron chi connectivity index (χ3n) is 5.33. The van der Waals surface area contributed by atoms with E-state index in [-0.39, 0.29) is 17.9 Å². The highest BCUT2D eigenvalue weighted by molar-refractivity contribution is 5.98.